The largest absolute Gasteiger partial charge is 0.334 e. The molecular formula is C15H15N3O4. The number of anilines is 1. The summed E-state index contributed by atoms with van der Waals surface area (Å²) in [6, 6.07) is 6.78. The second-order valence-electron chi connectivity index (χ2n) is 5.15. The van der Waals surface area contributed by atoms with Gasteiger partial charge in [-0.05, 0) is 25.0 Å². The van der Waals surface area contributed by atoms with Crippen LogP contribution in [0.1, 0.15) is 12.5 Å². The summed E-state index contributed by atoms with van der Waals surface area (Å²) in [5, 5.41) is 0. The van der Waals surface area contributed by atoms with Gasteiger partial charge in [-0.25, -0.2) is 9.69 Å². The van der Waals surface area contributed by atoms with E-state index < -0.39 is 24.4 Å². The molecule has 0 bridgehead atoms. The molecule has 22 heavy (non-hydrogen) atoms. The highest BCUT2D eigenvalue weighted by Gasteiger charge is 2.45. The highest BCUT2D eigenvalue weighted by Crippen LogP contribution is 2.27. The lowest BCUT2D eigenvalue weighted by atomic mass is 10.2. The van der Waals surface area contributed by atoms with E-state index in [1.54, 1.807) is 11.8 Å². The summed E-state index contributed by atoms with van der Waals surface area (Å²) in [5.74, 6) is -2.17. The van der Waals surface area contributed by atoms with Gasteiger partial charge in [0.2, 0.25) is 5.91 Å². The lowest BCUT2D eigenvalue weighted by Gasteiger charge is -2.20. The Bertz CT molecular complexity index is 685. The summed E-state index contributed by atoms with van der Waals surface area (Å²) < 4.78 is 0. The lowest BCUT2D eigenvalue weighted by Crippen LogP contribution is -2.43. The Balaban J connectivity index is 1.77. The highest BCUT2D eigenvalue weighted by molar-refractivity contribution is 6.45. The maximum atomic E-state index is 12.4. The fourth-order valence-corrected chi connectivity index (χ4v) is 2.79. The molecule has 114 valence electrons. The highest BCUT2D eigenvalue weighted by atomic mass is 16.2. The first-order chi connectivity index (χ1) is 10.5. The Morgan fingerprint density at radius 3 is 2.45 bits per heavy atom. The maximum Gasteiger partial charge on any atom is 0.334 e. The van der Waals surface area contributed by atoms with Crippen LogP contribution in [0.2, 0.25) is 0 Å². The van der Waals surface area contributed by atoms with Crippen LogP contribution in [-0.2, 0) is 20.8 Å². The Morgan fingerprint density at radius 2 is 1.77 bits per heavy atom. The van der Waals surface area contributed by atoms with Gasteiger partial charge in [0, 0.05) is 18.8 Å². The van der Waals surface area contributed by atoms with Crippen molar-refractivity contribution in [1.29, 1.82) is 0 Å². The van der Waals surface area contributed by atoms with E-state index in [-0.39, 0.29) is 12.5 Å². The first kappa shape index (κ1) is 14.2. The SMILES string of the molecule is CCN1C(=O)C(=O)N(CC(=O)N2CCc3ccccc32)C1=O. The third kappa shape index (κ3) is 2.05. The van der Waals surface area contributed by atoms with Crippen LogP contribution in [-0.4, -0.2) is 53.2 Å². The van der Waals surface area contributed by atoms with Crippen LogP contribution in [0.15, 0.2) is 24.3 Å². The minimum Gasteiger partial charge on any atom is -0.310 e. The molecule has 1 aromatic carbocycles. The molecule has 3 rings (SSSR count). The number of para-hydroxylation sites is 1. The Labute approximate surface area is 127 Å². The molecule has 0 atom stereocenters. The van der Waals surface area contributed by atoms with Crippen molar-refractivity contribution in [3.63, 3.8) is 0 Å². The smallest absolute Gasteiger partial charge is 0.310 e. The topological polar surface area (TPSA) is 78.0 Å². The van der Waals surface area contributed by atoms with Crippen LogP contribution < -0.4 is 4.90 Å². The average Bonchev–Trinajstić information content (AvgIpc) is 3.03. The van der Waals surface area contributed by atoms with Gasteiger partial charge in [0.05, 0.1) is 0 Å². The van der Waals surface area contributed by atoms with Crippen molar-refractivity contribution in [3.05, 3.63) is 29.8 Å². The summed E-state index contributed by atoms with van der Waals surface area (Å²) in [6.07, 6.45) is 0.740. The van der Waals surface area contributed by atoms with E-state index in [0.29, 0.717) is 6.54 Å². The van der Waals surface area contributed by atoms with E-state index in [4.69, 9.17) is 0 Å². The molecule has 2 aliphatic heterocycles. The first-order valence-electron chi connectivity index (χ1n) is 7.10. The molecule has 0 N–H and O–H groups in total. The molecule has 1 aromatic rings. The van der Waals surface area contributed by atoms with Crippen LogP contribution in [0, 0.1) is 0 Å². The average molecular weight is 301 g/mol. The van der Waals surface area contributed by atoms with Gasteiger partial charge < -0.3 is 4.90 Å². The van der Waals surface area contributed by atoms with Crippen molar-refractivity contribution in [3.8, 4) is 0 Å². The molecule has 7 nitrogen and oxygen atoms in total. The molecular weight excluding hydrogens is 286 g/mol. The van der Waals surface area contributed by atoms with E-state index >= 15 is 0 Å². The van der Waals surface area contributed by atoms with Crippen LogP contribution in [0.3, 0.4) is 0 Å². The number of carbonyl (C=O) groups excluding carboxylic acids is 4. The number of benzene rings is 1. The Kier molecular flexibility index (Phi) is 3.40. The van der Waals surface area contributed by atoms with Gasteiger partial charge in [-0.1, -0.05) is 18.2 Å². The number of imide groups is 2. The summed E-state index contributed by atoms with van der Waals surface area (Å²) in [5.41, 5.74) is 1.85. The van der Waals surface area contributed by atoms with E-state index in [1.807, 2.05) is 24.3 Å². The number of likely N-dealkylation sites (N-methyl/N-ethyl adjacent to an activating group) is 1. The van der Waals surface area contributed by atoms with Gasteiger partial charge in [-0.2, -0.15) is 0 Å². The summed E-state index contributed by atoms with van der Waals surface area (Å²) >= 11 is 0. The van der Waals surface area contributed by atoms with Crippen LogP contribution >= 0.6 is 0 Å². The van der Waals surface area contributed by atoms with Crippen LogP contribution in [0.4, 0.5) is 10.5 Å². The fraction of sp³-hybridized carbons (Fsp3) is 0.333. The number of hydrogen-bond donors (Lipinski definition) is 0. The van der Waals surface area contributed by atoms with Crippen molar-refractivity contribution in [2.45, 2.75) is 13.3 Å². The molecule has 0 aliphatic carbocycles. The zero-order valence-electron chi connectivity index (χ0n) is 12.1. The molecule has 2 heterocycles. The number of carbonyl (C=O) groups is 4. The number of fused-ring (bicyclic) bond motifs is 1. The molecule has 1 fully saturated rings. The summed E-state index contributed by atoms with van der Waals surface area (Å²) in [4.78, 5) is 51.0. The zero-order valence-corrected chi connectivity index (χ0v) is 12.1. The Morgan fingerprint density at radius 1 is 1.09 bits per heavy atom. The molecule has 0 unspecified atom stereocenters. The summed E-state index contributed by atoms with van der Waals surface area (Å²) in [6.45, 7) is 1.82. The monoisotopic (exact) mass is 301 g/mol. The zero-order chi connectivity index (χ0) is 15.9. The molecule has 0 aromatic heterocycles. The maximum absolute atomic E-state index is 12.4. The summed E-state index contributed by atoms with van der Waals surface area (Å²) in [7, 11) is 0. The minimum absolute atomic E-state index is 0.112. The number of hydrogen-bond acceptors (Lipinski definition) is 4. The van der Waals surface area contributed by atoms with Gasteiger partial charge in [0.15, 0.2) is 0 Å². The van der Waals surface area contributed by atoms with Gasteiger partial charge in [-0.3, -0.25) is 19.3 Å². The van der Waals surface area contributed by atoms with Crippen molar-refractivity contribution < 1.29 is 19.2 Å². The number of amides is 5. The second kappa shape index (κ2) is 5.25. The quantitative estimate of drug-likeness (QED) is 0.597. The number of rotatable bonds is 3. The van der Waals surface area contributed by atoms with Crippen molar-refractivity contribution in [2.75, 3.05) is 24.5 Å². The minimum atomic E-state index is -0.937. The molecule has 0 spiro atoms. The molecule has 5 amide bonds. The van der Waals surface area contributed by atoms with E-state index in [2.05, 4.69) is 0 Å². The van der Waals surface area contributed by atoms with Crippen molar-refractivity contribution >= 4 is 29.4 Å². The lowest BCUT2D eigenvalue weighted by molar-refractivity contribution is -0.143. The molecule has 7 heteroatoms. The standard InChI is InChI=1S/C15H15N3O4/c1-2-16-13(20)14(21)18(15(16)22)9-12(19)17-8-7-10-5-3-4-6-11(10)17/h3-6H,2,7-9H2,1H3. The van der Waals surface area contributed by atoms with Gasteiger partial charge in [-0.15, -0.1) is 0 Å². The predicted octanol–water partition coefficient (Wildman–Crippen LogP) is 0.386. The van der Waals surface area contributed by atoms with Gasteiger partial charge >= 0.3 is 17.8 Å². The predicted molar refractivity (Wildman–Crippen MR) is 77.0 cm³/mol. The molecule has 0 saturated carbocycles. The van der Waals surface area contributed by atoms with Gasteiger partial charge in [0.25, 0.3) is 0 Å². The van der Waals surface area contributed by atoms with Crippen molar-refractivity contribution in [2.24, 2.45) is 0 Å². The fourth-order valence-electron chi connectivity index (χ4n) is 2.79. The van der Waals surface area contributed by atoms with E-state index in [1.165, 1.54) is 0 Å². The molecule has 0 radical (unpaired) electrons. The number of urea groups is 1. The van der Waals surface area contributed by atoms with Crippen molar-refractivity contribution in [1.82, 2.24) is 9.80 Å². The first-order valence-corrected chi connectivity index (χ1v) is 7.10. The third-order valence-corrected chi connectivity index (χ3v) is 3.93. The Hall–Kier alpha value is -2.70. The normalized spacial score (nSPS) is 17.5. The van der Waals surface area contributed by atoms with Crippen LogP contribution in [0.25, 0.3) is 0 Å². The van der Waals surface area contributed by atoms with E-state index in [0.717, 1.165) is 27.5 Å². The van der Waals surface area contributed by atoms with Gasteiger partial charge in [0.1, 0.15) is 6.54 Å². The molecule has 2 aliphatic rings. The second-order valence-corrected chi connectivity index (χ2v) is 5.15. The third-order valence-electron chi connectivity index (χ3n) is 3.93. The molecule has 1 saturated heterocycles. The number of nitrogens with zero attached hydrogens (tertiary/aromatic N) is 3. The van der Waals surface area contributed by atoms with E-state index in [9.17, 15) is 19.2 Å². The van der Waals surface area contributed by atoms with Crippen LogP contribution in [0.5, 0.6) is 0 Å².